The third-order valence-corrected chi connectivity index (χ3v) is 5.34. The van der Waals surface area contributed by atoms with Crippen LogP contribution in [0.4, 0.5) is 14.6 Å². The van der Waals surface area contributed by atoms with Crippen LogP contribution in [0, 0.1) is 18.6 Å². The number of hydrogen-bond donors (Lipinski definition) is 1. The van der Waals surface area contributed by atoms with E-state index in [1.165, 1.54) is 24.4 Å². The minimum atomic E-state index is -0.631. The van der Waals surface area contributed by atoms with Crippen LogP contribution in [-0.2, 0) is 4.79 Å². The highest BCUT2D eigenvalue weighted by atomic mass is 35.5. The fourth-order valence-corrected chi connectivity index (χ4v) is 3.25. The summed E-state index contributed by atoms with van der Waals surface area (Å²) in [7, 11) is 0. The summed E-state index contributed by atoms with van der Waals surface area (Å²) in [5.74, 6) is -1.44. The third-order valence-electron chi connectivity index (χ3n) is 3.33. The number of carbonyl (C=O) groups is 1. The second-order valence-electron chi connectivity index (χ2n) is 5.03. The lowest BCUT2D eigenvalue weighted by Gasteiger charge is -2.14. The molecule has 1 unspecified atom stereocenters. The number of rotatable bonds is 5. The molecule has 24 heavy (non-hydrogen) atoms. The van der Waals surface area contributed by atoms with Crippen molar-refractivity contribution in [3.63, 3.8) is 0 Å². The Labute approximate surface area is 152 Å². The van der Waals surface area contributed by atoms with E-state index >= 15 is 0 Å². The van der Waals surface area contributed by atoms with Crippen molar-refractivity contribution in [3.8, 4) is 0 Å². The van der Waals surface area contributed by atoms with Gasteiger partial charge in [-0.2, -0.15) is 0 Å². The van der Waals surface area contributed by atoms with E-state index in [9.17, 15) is 13.6 Å². The van der Waals surface area contributed by atoms with Crippen molar-refractivity contribution < 1.29 is 13.6 Å². The molecule has 128 valence electrons. The second kappa shape index (κ2) is 8.14. The van der Waals surface area contributed by atoms with Gasteiger partial charge in [-0.05, 0) is 31.5 Å². The minimum Gasteiger partial charge on any atom is -0.309 e. The van der Waals surface area contributed by atoms with Gasteiger partial charge < -0.3 is 5.32 Å². The average Bonchev–Trinajstić information content (AvgIpc) is 2.53. The number of nitrogens with zero attached hydrogens (tertiary/aromatic N) is 1. The first kappa shape index (κ1) is 19.0. The van der Waals surface area contributed by atoms with Crippen molar-refractivity contribution in [1.29, 1.82) is 0 Å². The molecule has 2 rings (SSSR count). The number of amides is 1. The summed E-state index contributed by atoms with van der Waals surface area (Å²) in [4.78, 5) is 16.0. The van der Waals surface area contributed by atoms with Crippen LogP contribution in [0.25, 0.3) is 0 Å². The van der Waals surface area contributed by atoms with E-state index in [1.807, 2.05) is 0 Å². The van der Waals surface area contributed by atoms with Crippen molar-refractivity contribution in [3.05, 3.63) is 57.2 Å². The Balaban J connectivity index is 2.00. The molecule has 0 aliphatic carbocycles. The molecule has 0 radical (unpaired) electrons. The maximum absolute atomic E-state index is 13.7. The number of carbonyl (C=O) groups excluding carboxylic acids is 1. The molecule has 8 heteroatoms. The minimum absolute atomic E-state index is 0.00533. The Hall–Kier alpha value is -1.37. The quantitative estimate of drug-likeness (QED) is 0.741. The zero-order valence-corrected chi connectivity index (χ0v) is 15.2. The van der Waals surface area contributed by atoms with Crippen LogP contribution in [0.5, 0.6) is 0 Å². The lowest BCUT2D eigenvalue weighted by Crippen LogP contribution is -2.16. The number of pyridine rings is 1. The number of aromatic nitrogens is 1. The van der Waals surface area contributed by atoms with E-state index in [0.717, 1.165) is 11.8 Å². The lowest BCUT2D eigenvalue weighted by atomic mass is 10.1. The SMILES string of the molecule is Cc1c(Cl)cnc(NC(=O)CSC(C)c2c(F)cccc2F)c1Cl. The van der Waals surface area contributed by atoms with E-state index in [1.54, 1.807) is 13.8 Å². The molecule has 0 saturated carbocycles. The molecular weight excluding hydrogens is 377 g/mol. The monoisotopic (exact) mass is 390 g/mol. The van der Waals surface area contributed by atoms with Gasteiger partial charge in [-0.3, -0.25) is 4.79 Å². The van der Waals surface area contributed by atoms with Crippen molar-refractivity contribution in [2.75, 3.05) is 11.1 Å². The number of benzene rings is 1. The summed E-state index contributed by atoms with van der Waals surface area (Å²) >= 11 is 13.1. The van der Waals surface area contributed by atoms with Crippen molar-refractivity contribution in [2.24, 2.45) is 0 Å². The standard InChI is InChI=1S/C16H14Cl2F2N2OS/c1-8-10(17)6-21-16(15(8)18)22-13(23)7-24-9(2)14-11(19)4-3-5-12(14)20/h3-6,9H,7H2,1-2H3,(H,21,22,23). The fraction of sp³-hybridized carbons (Fsp3) is 0.250. The molecule has 1 atom stereocenters. The second-order valence-corrected chi connectivity index (χ2v) is 7.14. The van der Waals surface area contributed by atoms with Gasteiger partial charge in [0.1, 0.15) is 11.6 Å². The van der Waals surface area contributed by atoms with Gasteiger partial charge in [0.25, 0.3) is 0 Å². The Kier molecular flexibility index (Phi) is 6.43. The molecule has 0 bridgehead atoms. The molecule has 0 aliphatic rings. The number of anilines is 1. The zero-order chi connectivity index (χ0) is 17.9. The van der Waals surface area contributed by atoms with Gasteiger partial charge in [0, 0.05) is 17.0 Å². The maximum Gasteiger partial charge on any atom is 0.235 e. The Bertz CT molecular complexity index is 754. The fourth-order valence-electron chi connectivity index (χ4n) is 2.00. The molecule has 1 N–H and O–H groups in total. The number of nitrogens with one attached hydrogen (secondary N) is 1. The molecule has 1 aromatic carbocycles. The summed E-state index contributed by atoms with van der Waals surface area (Å²) < 4.78 is 27.4. The first-order valence-electron chi connectivity index (χ1n) is 6.97. The molecular formula is C16H14Cl2F2N2OS. The van der Waals surface area contributed by atoms with Gasteiger partial charge in [-0.25, -0.2) is 13.8 Å². The molecule has 1 heterocycles. The Morgan fingerprint density at radius 2 is 1.96 bits per heavy atom. The van der Waals surface area contributed by atoms with Gasteiger partial charge in [0.15, 0.2) is 5.82 Å². The molecule has 2 aromatic rings. The van der Waals surface area contributed by atoms with Gasteiger partial charge in [-0.1, -0.05) is 29.3 Å². The van der Waals surface area contributed by atoms with E-state index in [0.29, 0.717) is 10.6 Å². The van der Waals surface area contributed by atoms with Crippen LogP contribution < -0.4 is 5.32 Å². The summed E-state index contributed by atoms with van der Waals surface area (Å²) in [5.41, 5.74) is 0.562. The normalized spacial score (nSPS) is 12.1. The van der Waals surface area contributed by atoms with E-state index in [-0.39, 0.29) is 28.1 Å². The predicted octanol–water partition coefficient (Wildman–Crippen LogP) is 5.41. The highest BCUT2D eigenvalue weighted by Crippen LogP contribution is 2.32. The van der Waals surface area contributed by atoms with Crippen molar-refractivity contribution >= 4 is 46.7 Å². The largest absolute Gasteiger partial charge is 0.309 e. The smallest absolute Gasteiger partial charge is 0.235 e. The maximum atomic E-state index is 13.7. The van der Waals surface area contributed by atoms with Crippen LogP contribution in [-0.4, -0.2) is 16.6 Å². The predicted molar refractivity (Wildman–Crippen MR) is 94.9 cm³/mol. The van der Waals surface area contributed by atoms with Crippen molar-refractivity contribution in [2.45, 2.75) is 19.1 Å². The van der Waals surface area contributed by atoms with E-state index in [2.05, 4.69) is 10.3 Å². The summed E-state index contributed by atoms with van der Waals surface area (Å²) in [6.07, 6.45) is 1.39. The molecule has 0 spiro atoms. The molecule has 0 fully saturated rings. The van der Waals surface area contributed by atoms with Crippen LogP contribution >= 0.6 is 35.0 Å². The molecule has 3 nitrogen and oxygen atoms in total. The molecule has 0 saturated heterocycles. The number of halogens is 4. The van der Waals surface area contributed by atoms with Gasteiger partial charge in [0.05, 0.1) is 15.8 Å². The Morgan fingerprint density at radius 3 is 2.58 bits per heavy atom. The first-order valence-corrected chi connectivity index (χ1v) is 8.77. The summed E-state index contributed by atoms with van der Waals surface area (Å²) in [6, 6.07) is 3.68. The highest BCUT2D eigenvalue weighted by molar-refractivity contribution is 8.00. The van der Waals surface area contributed by atoms with Crippen LogP contribution in [0.3, 0.4) is 0 Å². The third kappa shape index (κ3) is 4.37. The highest BCUT2D eigenvalue weighted by Gasteiger charge is 2.18. The van der Waals surface area contributed by atoms with Gasteiger partial charge in [0.2, 0.25) is 5.91 Å². The topological polar surface area (TPSA) is 42.0 Å². The molecule has 1 amide bonds. The first-order chi connectivity index (χ1) is 11.3. The van der Waals surface area contributed by atoms with Crippen LogP contribution in [0.2, 0.25) is 10.0 Å². The summed E-state index contributed by atoms with van der Waals surface area (Å²) in [5, 5.41) is 2.70. The average molecular weight is 391 g/mol. The van der Waals surface area contributed by atoms with E-state index < -0.39 is 16.9 Å². The van der Waals surface area contributed by atoms with Crippen LogP contribution in [0.1, 0.15) is 23.3 Å². The van der Waals surface area contributed by atoms with Crippen molar-refractivity contribution in [1.82, 2.24) is 4.98 Å². The Morgan fingerprint density at radius 1 is 1.33 bits per heavy atom. The van der Waals surface area contributed by atoms with Crippen LogP contribution in [0.15, 0.2) is 24.4 Å². The number of hydrogen-bond acceptors (Lipinski definition) is 3. The van der Waals surface area contributed by atoms with Gasteiger partial charge in [-0.15, -0.1) is 11.8 Å². The number of thioether (sulfide) groups is 1. The molecule has 0 aliphatic heterocycles. The summed E-state index contributed by atoms with van der Waals surface area (Å²) in [6.45, 7) is 3.34. The van der Waals surface area contributed by atoms with E-state index in [4.69, 9.17) is 23.2 Å². The lowest BCUT2D eigenvalue weighted by molar-refractivity contribution is -0.113. The van der Waals surface area contributed by atoms with Gasteiger partial charge >= 0.3 is 0 Å². The molecule has 1 aromatic heterocycles. The zero-order valence-electron chi connectivity index (χ0n) is 12.9.